The Balaban J connectivity index is 1.93. The Morgan fingerprint density at radius 1 is 0.615 bits per heavy atom. The molecule has 2 heteroatoms. The van der Waals surface area contributed by atoms with E-state index >= 15 is 0 Å². The molecule has 0 amide bonds. The maximum atomic E-state index is 2.37. The second-order valence-electron chi connectivity index (χ2n) is 7.48. The van der Waals surface area contributed by atoms with E-state index in [4.69, 9.17) is 0 Å². The molecule has 7 rings (SSSR count). The minimum atomic E-state index is 1.34. The monoisotopic (exact) mass is 366 g/mol. The van der Waals surface area contributed by atoms with Crippen molar-refractivity contribution in [2.75, 3.05) is 0 Å². The topological polar surface area (TPSA) is 0 Å². The Hall–Kier alpha value is -2.42. The molecule has 0 radical (unpaired) electrons. The van der Waals surface area contributed by atoms with Crippen LogP contribution in [0.15, 0.2) is 48.5 Å². The van der Waals surface area contributed by atoms with Crippen LogP contribution in [-0.2, 0) is 0 Å². The molecule has 3 aromatic carbocycles. The summed E-state index contributed by atoms with van der Waals surface area (Å²) in [5, 5.41) is 13.0. The molecular formula is C24H14S2. The molecule has 5 aromatic rings. The fourth-order valence-electron chi connectivity index (χ4n) is 4.89. The SMILES string of the molecule is Cc1ccc2sc3c(c2c1)=c1ccc2c4c(ccc=3c14)=c1sc(C)cc1=2. The molecule has 2 aliphatic carbocycles. The quantitative estimate of drug-likeness (QED) is 0.287. The second kappa shape index (κ2) is 4.28. The molecule has 0 bridgehead atoms. The van der Waals surface area contributed by atoms with E-state index in [2.05, 4.69) is 62.4 Å². The molecule has 0 spiro atoms. The van der Waals surface area contributed by atoms with E-state index in [0.29, 0.717) is 0 Å². The van der Waals surface area contributed by atoms with Gasteiger partial charge in [-0.25, -0.2) is 0 Å². The lowest BCUT2D eigenvalue weighted by molar-refractivity contribution is 1.50. The van der Waals surface area contributed by atoms with Gasteiger partial charge in [0, 0.05) is 44.9 Å². The summed E-state index contributed by atoms with van der Waals surface area (Å²) < 4.78 is 4.31. The molecule has 0 aliphatic heterocycles. The number of rotatable bonds is 0. The number of hydrogen-bond acceptors (Lipinski definition) is 2. The largest absolute Gasteiger partial charge is 0.140 e. The highest BCUT2D eigenvalue weighted by atomic mass is 32.1. The van der Waals surface area contributed by atoms with Crippen LogP contribution in [0.2, 0.25) is 0 Å². The molecule has 122 valence electrons. The van der Waals surface area contributed by atoms with Crippen molar-refractivity contribution in [2.24, 2.45) is 0 Å². The van der Waals surface area contributed by atoms with Gasteiger partial charge in [0.15, 0.2) is 0 Å². The third-order valence-corrected chi connectivity index (χ3v) is 8.20. The zero-order chi connectivity index (χ0) is 17.2. The summed E-state index contributed by atoms with van der Waals surface area (Å²) in [6.07, 6.45) is 0. The van der Waals surface area contributed by atoms with Crippen LogP contribution in [0.25, 0.3) is 20.9 Å². The molecule has 2 aromatic heterocycles. The van der Waals surface area contributed by atoms with Gasteiger partial charge in [-0.1, -0.05) is 35.9 Å². The molecule has 2 heterocycles. The van der Waals surface area contributed by atoms with Crippen molar-refractivity contribution >= 4 is 43.5 Å². The third-order valence-electron chi connectivity index (χ3n) is 5.91. The van der Waals surface area contributed by atoms with E-state index in [1.54, 1.807) is 0 Å². The first kappa shape index (κ1) is 13.7. The van der Waals surface area contributed by atoms with Crippen molar-refractivity contribution in [3.63, 3.8) is 0 Å². The van der Waals surface area contributed by atoms with Gasteiger partial charge in [0.25, 0.3) is 0 Å². The number of hydrogen-bond donors (Lipinski definition) is 0. The maximum absolute atomic E-state index is 2.37. The zero-order valence-corrected chi connectivity index (χ0v) is 16.1. The van der Waals surface area contributed by atoms with E-state index in [1.807, 2.05) is 22.7 Å². The minimum absolute atomic E-state index is 1.34. The summed E-state index contributed by atoms with van der Waals surface area (Å²) in [4.78, 5) is 1.40. The summed E-state index contributed by atoms with van der Waals surface area (Å²) in [7, 11) is 0. The van der Waals surface area contributed by atoms with Crippen molar-refractivity contribution in [1.29, 1.82) is 0 Å². The van der Waals surface area contributed by atoms with Gasteiger partial charge in [-0.3, -0.25) is 0 Å². The van der Waals surface area contributed by atoms with E-state index in [0.717, 1.165) is 0 Å². The smallest absolute Gasteiger partial charge is 0.0440 e. The van der Waals surface area contributed by atoms with Crippen molar-refractivity contribution in [1.82, 2.24) is 0 Å². The van der Waals surface area contributed by atoms with E-state index in [1.165, 1.54) is 71.7 Å². The van der Waals surface area contributed by atoms with Crippen LogP contribution in [0, 0.1) is 54.2 Å². The Morgan fingerprint density at radius 3 is 2.23 bits per heavy atom. The van der Waals surface area contributed by atoms with E-state index in [9.17, 15) is 0 Å². The summed E-state index contributed by atoms with van der Waals surface area (Å²) in [6, 6.07) is 18.7. The first-order chi connectivity index (χ1) is 12.7. The number of benzene rings is 3. The second-order valence-corrected chi connectivity index (χ2v) is 9.79. The average Bonchev–Trinajstić information content (AvgIpc) is 3.33. The normalized spacial score (nSPS) is 13.0. The fourth-order valence-corrected chi connectivity index (χ4v) is 7.18. The first-order valence-corrected chi connectivity index (χ1v) is 10.6. The van der Waals surface area contributed by atoms with Crippen LogP contribution >= 0.6 is 22.7 Å². The predicted octanol–water partition coefficient (Wildman–Crippen LogP) is 6.51. The molecule has 0 saturated heterocycles. The molecule has 0 fully saturated rings. The Bertz CT molecular complexity index is 1810. The van der Waals surface area contributed by atoms with E-state index < -0.39 is 0 Å². The number of fused-ring (bicyclic) bond motifs is 4. The van der Waals surface area contributed by atoms with Crippen molar-refractivity contribution < 1.29 is 0 Å². The molecule has 0 N–H and O–H groups in total. The lowest BCUT2D eigenvalue weighted by Gasteiger charge is -1.99. The van der Waals surface area contributed by atoms with Crippen LogP contribution in [0.3, 0.4) is 0 Å². The molecular weight excluding hydrogens is 352 g/mol. The van der Waals surface area contributed by atoms with Gasteiger partial charge in [0.2, 0.25) is 0 Å². The minimum Gasteiger partial charge on any atom is -0.140 e. The van der Waals surface area contributed by atoms with Gasteiger partial charge in [-0.05, 0) is 53.3 Å². The van der Waals surface area contributed by atoms with Crippen LogP contribution < -0.4 is 0 Å². The molecule has 0 atom stereocenters. The van der Waals surface area contributed by atoms with Crippen LogP contribution in [-0.4, -0.2) is 0 Å². The molecule has 0 nitrogen and oxygen atoms in total. The highest BCUT2D eigenvalue weighted by molar-refractivity contribution is 7.17. The Morgan fingerprint density at radius 2 is 1.35 bits per heavy atom. The molecule has 0 saturated carbocycles. The van der Waals surface area contributed by atoms with Crippen LogP contribution in [0.1, 0.15) is 10.4 Å². The molecule has 2 aliphatic rings. The van der Waals surface area contributed by atoms with Gasteiger partial charge in [0.05, 0.1) is 0 Å². The summed E-state index contributed by atoms with van der Waals surface area (Å²) in [6.45, 7) is 4.41. The van der Waals surface area contributed by atoms with Crippen molar-refractivity contribution in [3.8, 4) is 0 Å². The highest BCUT2D eigenvalue weighted by Crippen LogP contribution is 2.36. The summed E-state index contributed by atoms with van der Waals surface area (Å²) in [5.74, 6) is 0. The van der Waals surface area contributed by atoms with E-state index in [-0.39, 0.29) is 0 Å². The van der Waals surface area contributed by atoms with Gasteiger partial charge in [0.1, 0.15) is 0 Å². The highest BCUT2D eigenvalue weighted by Gasteiger charge is 2.16. The first-order valence-electron chi connectivity index (χ1n) is 8.95. The van der Waals surface area contributed by atoms with Gasteiger partial charge in [-0.15, -0.1) is 22.7 Å². The Labute approximate surface area is 156 Å². The lowest BCUT2D eigenvalue weighted by Crippen LogP contribution is -1.80. The van der Waals surface area contributed by atoms with Crippen LogP contribution in [0.5, 0.6) is 0 Å². The standard InChI is InChI=1S/C24H14S2/c1-11-3-8-19-18(9-11)22-14-5-4-13-17-10-12(2)25-23(17)15-6-7-16(24(22)26-19)21(14)20(13)15/h3-10H,1-2H3. The maximum Gasteiger partial charge on any atom is 0.0440 e. The fraction of sp³-hybridized carbons (Fsp3) is 0.0833. The zero-order valence-electron chi connectivity index (χ0n) is 14.4. The van der Waals surface area contributed by atoms with Crippen LogP contribution in [0.4, 0.5) is 0 Å². The van der Waals surface area contributed by atoms with Gasteiger partial charge in [-0.2, -0.15) is 0 Å². The molecule has 26 heavy (non-hydrogen) atoms. The summed E-state index contributed by atoms with van der Waals surface area (Å²) in [5.41, 5.74) is 1.34. The van der Waals surface area contributed by atoms with Crippen molar-refractivity contribution in [2.45, 2.75) is 13.8 Å². The predicted molar refractivity (Wildman–Crippen MR) is 110 cm³/mol. The number of aryl methyl sites for hydroxylation is 2. The average molecular weight is 367 g/mol. The Kier molecular flexibility index (Phi) is 2.26. The lowest BCUT2D eigenvalue weighted by atomic mass is 10.0. The van der Waals surface area contributed by atoms with Crippen molar-refractivity contribution in [3.05, 3.63) is 99.3 Å². The van der Waals surface area contributed by atoms with Gasteiger partial charge < -0.3 is 0 Å². The van der Waals surface area contributed by atoms with Gasteiger partial charge >= 0.3 is 0 Å². The summed E-state index contributed by atoms with van der Waals surface area (Å²) >= 11 is 3.88. The third kappa shape index (κ3) is 1.41. The number of thiophene rings is 2. The molecule has 0 unspecified atom stereocenters.